The topological polar surface area (TPSA) is 87.7 Å². The molecule has 1 N–H and O–H groups in total. The fraction of sp³-hybridized carbons (Fsp3) is 0.478. The van der Waals surface area contributed by atoms with Gasteiger partial charge in [-0.2, -0.15) is 5.10 Å². The fourth-order valence-corrected chi connectivity index (χ4v) is 4.10. The lowest BCUT2D eigenvalue weighted by Gasteiger charge is -2.38. The first-order valence-electron chi connectivity index (χ1n) is 11.0. The number of carbonyl (C=O) groups is 2. The quantitative estimate of drug-likeness (QED) is 0.738. The molecule has 1 aromatic heterocycles. The largest absolute Gasteiger partial charge is 0.489 e. The Bertz CT molecular complexity index is 926. The Balaban J connectivity index is 1.07. The minimum Gasteiger partial charge on any atom is -0.489 e. The summed E-state index contributed by atoms with van der Waals surface area (Å²) in [6.45, 7) is 2.72. The zero-order chi connectivity index (χ0) is 21.2. The maximum atomic E-state index is 12.5. The number of benzene rings is 1. The molecule has 0 spiro atoms. The second-order valence-electron chi connectivity index (χ2n) is 8.71. The fourth-order valence-electron chi connectivity index (χ4n) is 4.10. The average molecular weight is 422 g/mol. The summed E-state index contributed by atoms with van der Waals surface area (Å²) in [4.78, 5) is 28.7. The Labute approximate surface area is 181 Å². The van der Waals surface area contributed by atoms with E-state index in [-0.39, 0.29) is 23.8 Å². The van der Waals surface area contributed by atoms with E-state index in [1.807, 2.05) is 46.2 Å². The SMILES string of the molecule is O=C(Nc1ccc(O[C@@H]2CCN(C(=O)CC3CC3)C2)cc1)C1CN(c2cccnn2)C1. The first-order valence-corrected chi connectivity index (χ1v) is 11.0. The van der Waals surface area contributed by atoms with Crippen molar-refractivity contribution >= 4 is 23.3 Å². The Kier molecular flexibility index (Phi) is 5.44. The van der Waals surface area contributed by atoms with Gasteiger partial charge in [-0.25, -0.2) is 0 Å². The van der Waals surface area contributed by atoms with E-state index in [0.29, 0.717) is 32.0 Å². The predicted molar refractivity (Wildman–Crippen MR) is 116 cm³/mol. The van der Waals surface area contributed by atoms with E-state index < -0.39 is 0 Å². The first kappa shape index (κ1) is 19.8. The normalized spacial score (nSPS) is 21.0. The van der Waals surface area contributed by atoms with Gasteiger partial charge >= 0.3 is 0 Å². The standard InChI is InChI=1S/C23H27N5O3/c29-22(12-16-3-4-16)27-11-9-20(15-27)31-19-7-5-18(6-8-19)25-23(30)17-13-28(14-17)21-2-1-10-24-26-21/h1-2,5-8,10,16-17,20H,3-4,9,11-15H2,(H,25,30)/t20-/m1/s1. The molecule has 8 heteroatoms. The van der Waals surface area contributed by atoms with Gasteiger partial charge in [0.05, 0.1) is 12.5 Å². The predicted octanol–water partition coefficient (Wildman–Crippen LogP) is 2.33. The minimum absolute atomic E-state index is 0.00872. The summed E-state index contributed by atoms with van der Waals surface area (Å²) in [6.07, 6.45) is 5.62. The second-order valence-corrected chi connectivity index (χ2v) is 8.71. The van der Waals surface area contributed by atoms with E-state index in [2.05, 4.69) is 15.5 Å². The Morgan fingerprint density at radius 3 is 2.58 bits per heavy atom. The van der Waals surface area contributed by atoms with Gasteiger partial charge in [0.25, 0.3) is 0 Å². The molecule has 2 amide bonds. The van der Waals surface area contributed by atoms with E-state index in [9.17, 15) is 9.59 Å². The van der Waals surface area contributed by atoms with Crippen molar-refractivity contribution in [1.82, 2.24) is 15.1 Å². The van der Waals surface area contributed by atoms with Crippen molar-refractivity contribution in [3.05, 3.63) is 42.6 Å². The number of amides is 2. The van der Waals surface area contributed by atoms with Crippen LogP contribution < -0.4 is 15.0 Å². The highest BCUT2D eigenvalue weighted by Crippen LogP contribution is 2.33. The molecule has 31 heavy (non-hydrogen) atoms. The number of hydrogen-bond acceptors (Lipinski definition) is 6. The number of likely N-dealkylation sites (tertiary alicyclic amines) is 1. The zero-order valence-electron chi connectivity index (χ0n) is 17.4. The summed E-state index contributed by atoms with van der Waals surface area (Å²) in [5, 5.41) is 10.9. The molecule has 8 nitrogen and oxygen atoms in total. The van der Waals surface area contributed by atoms with E-state index >= 15 is 0 Å². The van der Waals surface area contributed by atoms with Crippen molar-refractivity contribution in [1.29, 1.82) is 0 Å². The Morgan fingerprint density at radius 1 is 1.06 bits per heavy atom. The summed E-state index contributed by atoms with van der Waals surface area (Å²) >= 11 is 0. The van der Waals surface area contributed by atoms with Crippen LogP contribution in [0.3, 0.4) is 0 Å². The molecular formula is C23H27N5O3. The number of hydrogen-bond donors (Lipinski definition) is 1. The molecule has 1 saturated carbocycles. The van der Waals surface area contributed by atoms with Crippen LogP contribution in [0.2, 0.25) is 0 Å². The lowest BCUT2D eigenvalue weighted by atomic mass is 9.99. The molecule has 1 atom stereocenters. The van der Waals surface area contributed by atoms with E-state index in [0.717, 1.165) is 30.2 Å². The van der Waals surface area contributed by atoms with Crippen LogP contribution >= 0.6 is 0 Å². The highest BCUT2D eigenvalue weighted by molar-refractivity contribution is 5.94. The number of nitrogens with zero attached hydrogens (tertiary/aromatic N) is 4. The molecule has 0 bridgehead atoms. The monoisotopic (exact) mass is 421 g/mol. The zero-order valence-corrected chi connectivity index (χ0v) is 17.4. The molecule has 162 valence electrons. The van der Waals surface area contributed by atoms with Gasteiger partial charge < -0.3 is 19.9 Å². The van der Waals surface area contributed by atoms with Gasteiger partial charge in [-0.1, -0.05) is 0 Å². The van der Waals surface area contributed by atoms with Gasteiger partial charge in [0, 0.05) is 44.4 Å². The van der Waals surface area contributed by atoms with Crippen LogP contribution in [0, 0.1) is 11.8 Å². The average Bonchev–Trinajstić information content (AvgIpc) is 3.43. The van der Waals surface area contributed by atoms with Gasteiger partial charge in [0.1, 0.15) is 11.9 Å². The third-order valence-electron chi connectivity index (χ3n) is 6.22. The van der Waals surface area contributed by atoms with Crippen LogP contribution in [0.5, 0.6) is 5.75 Å². The molecule has 2 aromatic rings. The molecule has 2 saturated heterocycles. The van der Waals surface area contributed by atoms with Gasteiger partial charge in [-0.15, -0.1) is 5.10 Å². The van der Waals surface area contributed by atoms with Crippen molar-refractivity contribution in [3.8, 4) is 5.75 Å². The van der Waals surface area contributed by atoms with Gasteiger partial charge in [0.15, 0.2) is 5.82 Å². The summed E-state index contributed by atoms with van der Waals surface area (Å²) in [6, 6.07) is 11.2. The summed E-state index contributed by atoms with van der Waals surface area (Å²) < 4.78 is 6.05. The lowest BCUT2D eigenvalue weighted by molar-refractivity contribution is -0.130. The number of ether oxygens (including phenoxy) is 1. The van der Waals surface area contributed by atoms with Crippen molar-refractivity contribution in [3.63, 3.8) is 0 Å². The lowest BCUT2D eigenvalue weighted by Crippen LogP contribution is -2.52. The number of anilines is 2. The van der Waals surface area contributed by atoms with E-state index in [1.54, 1.807) is 6.20 Å². The number of carbonyl (C=O) groups excluding carboxylic acids is 2. The number of aromatic nitrogens is 2. The molecule has 0 radical (unpaired) electrons. The van der Waals surface area contributed by atoms with Crippen molar-refractivity contribution < 1.29 is 14.3 Å². The van der Waals surface area contributed by atoms with Crippen LogP contribution in [0.25, 0.3) is 0 Å². The molecule has 5 rings (SSSR count). The maximum absolute atomic E-state index is 12.5. The van der Waals surface area contributed by atoms with Crippen LogP contribution in [0.1, 0.15) is 25.7 Å². The van der Waals surface area contributed by atoms with Gasteiger partial charge in [-0.3, -0.25) is 9.59 Å². The molecule has 0 unspecified atom stereocenters. The highest BCUT2D eigenvalue weighted by atomic mass is 16.5. The summed E-state index contributed by atoms with van der Waals surface area (Å²) in [5.41, 5.74) is 0.753. The third-order valence-corrected chi connectivity index (χ3v) is 6.22. The van der Waals surface area contributed by atoms with Crippen LogP contribution in [-0.2, 0) is 9.59 Å². The molecule has 3 heterocycles. The summed E-state index contributed by atoms with van der Waals surface area (Å²) in [5.74, 6) is 2.39. The highest BCUT2D eigenvalue weighted by Gasteiger charge is 2.34. The number of rotatable bonds is 7. The van der Waals surface area contributed by atoms with Crippen LogP contribution in [-0.4, -0.2) is 59.2 Å². The molecule has 2 aliphatic heterocycles. The minimum atomic E-state index is -0.0596. The molecule has 1 aromatic carbocycles. The van der Waals surface area contributed by atoms with Crippen molar-refractivity contribution in [2.45, 2.75) is 31.8 Å². The molecule has 3 aliphatic rings. The second kappa shape index (κ2) is 8.53. The van der Waals surface area contributed by atoms with E-state index in [4.69, 9.17) is 4.74 Å². The van der Waals surface area contributed by atoms with Crippen LogP contribution in [0.4, 0.5) is 11.5 Å². The Morgan fingerprint density at radius 2 is 1.87 bits per heavy atom. The molecule has 3 fully saturated rings. The smallest absolute Gasteiger partial charge is 0.231 e. The first-order chi connectivity index (χ1) is 15.1. The third kappa shape index (κ3) is 4.78. The maximum Gasteiger partial charge on any atom is 0.231 e. The van der Waals surface area contributed by atoms with Crippen LogP contribution in [0.15, 0.2) is 42.6 Å². The molecule has 1 aliphatic carbocycles. The number of nitrogens with one attached hydrogen (secondary N) is 1. The van der Waals surface area contributed by atoms with Crippen molar-refractivity contribution in [2.75, 3.05) is 36.4 Å². The van der Waals surface area contributed by atoms with Crippen molar-refractivity contribution in [2.24, 2.45) is 11.8 Å². The van der Waals surface area contributed by atoms with Gasteiger partial charge in [-0.05, 0) is 55.2 Å². The summed E-state index contributed by atoms with van der Waals surface area (Å²) in [7, 11) is 0. The van der Waals surface area contributed by atoms with Gasteiger partial charge in [0.2, 0.25) is 11.8 Å². The Hall–Kier alpha value is -3.16. The molecular weight excluding hydrogens is 394 g/mol. The van der Waals surface area contributed by atoms with E-state index in [1.165, 1.54) is 12.8 Å².